The van der Waals surface area contributed by atoms with Crippen LogP contribution in [0.3, 0.4) is 0 Å². The van der Waals surface area contributed by atoms with Crippen LogP contribution in [0.4, 0.5) is 11.6 Å². The molecular weight excluding hydrogens is 324 g/mol. The first-order chi connectivity index (χ1) is 12.7. The quantitative estimate of drug-likeness (QED) is 0.786. The summed E-state index contributed by atoms with van der Waals surface area (Å²) in [6, 6.07) is 19.7. The molecule has 0 unspecified atom stereocenters. The van der Waals surface area contributed by atoms with Gasteiger partial charge in [-0.2, -0.15) is 0 Å². The highest BCUT2D eigenvalue weighted by Crippen LogP contribution is 2.21. The van der Waals surface area contributed by atoms with Gasteiger partial charge in [0.2, 0.25) is 5.95 Å². The van der Waals surface area contributed by atoms with E-state index in [0.29, 0.717) is 24.7 Å². The van der Waals surface area contributed by atoms with Gasteiger partial charge >= 0.3 is 0 Å². The molecule has 0 aliphatic carbocycles. The summed E-state index contributed by atoms with van der Waals surface area (Å²) in [4.78, 5) is 23.7. The lowest BCUT2D eigenvalue weighted by atomic mass is 10.00. The summed E-state index contributed by atoms with van der Waals surface area (Å²) in [5.41, 5.74) is 4.61. The second-order valence-corrected chi connectivity index (χ2v) is 6.45. The first-order valence-corrected chi connectivity index (χ1v) is 8.73. The molecule has 4 rings (SSSR count). The van der Waals surface area contributed by atoms with Gasteiger partial charge < -0.3 is 10.2 Å². The van der Waals surface area contributed by atoms with E-state index in [2.05, 4.69) is 27.4 Å². The summed E-state index contributed by atoms with van der Waals surface area (Å²) in [7, 11) is 0. The Bertz CT molecular complexity index is 940. The molecule has 5 nitrogen and oxygen atoms in total. The van der Waals surface area contributed by atoms with Crippen molar-refractivity contribution in [2.75, 3.05) is 11.9 Å². The van der Waals surface area contributed by atoms with E-state index in [1.165, 1.54) is 11.1 Å². The maximum atomic E-state index is 13.0. The van der Waals surface area contributed by atoms with Gasteiger partial charge in [-0.1, -0.05) is 42.5 Å². The summed E-state index contributed by atoms with van der Waals surface area (Å²) in [5.74, 6) is 0.387. The van der Waals surface area contributed by atoms with Gasteiger partial charge in [0.25, 0.3) is 5.91 Å². The molecule has 2 heterocycles. The zero-order valence-corrected chi connectivity index (χ0v) is 14.6. The van der Waals surface area contributed by atoms with Gasteiger partial charge in [0, 0.05) is 24.5 Å². The Morgan fingerprint density at radius 1 is 1.00 bits per heavy atom. The third-order valence-electron chi connectivity index (χ3n) is 4.52. The molecule has 5 heteroatoms. The average molecular weight is 344 g/mol. The number of hydrogen-bond donors (Lipinski definition) is 1. The van der Waals surface area contributed by atoms with Crippen molar-refractivity contribution in [1.29, 1.82) is 0 Å². The van der Waals surface area contributed by atoms with Crippen molar-refractivity contribution in [2.24, 2.45) is 0 Å². The van der Waals surface area contributed by atoms with E-state index in [0.717, 1.165) is 17.8 Å². The van der Waals surface area contributed by atoms with Crippen LogP contribution in [0.25, 0.3) is 0 Å². The number of anilines is 2. The zero-order valence-electron chi connectivity index (χ0n) is 14.6. The molecule has 0 radical (unpaired) electrons. The fraction of sp³-hybridized carbons (Fsp3) is 0.190. The van der Waals surface area contributed by atoms with Crippen molar-refractivity contribution in [1.82, 2.24) is 14.9 Å². The highest BCUT2D eigenvalue weighted by Gasteiger charge is 2.23. The van der Waals surface area contributed by atoms with Crippen molar-refractivity contribution in [3.63, 3.8) is 0 Å². The lowest BCUT2D eigenvalue weighted by Crippen LogP contribution is -2.36. The van der Waals surface area contributed by atoms with Gasteiger partial charge in [-0.15, -0.1) is 0 Å². The average Bonchev–Trinajstić information content (AvgIpc) is 2.67. The van der Waals surface area contributed by atoms with Crippen LogP contribution in [0.1, 0.15) is 27.3 Å². The Balaban J connectivity index is 1.57. The number of carbonyl (C=O) groups is 1. The molecule has 1 amide bonds. The summed E-state index contributed by atoms with van der Waals surface area (Å²) in [5, 5.41) is 3.17. The Labute approximate surface area is 152 Å². The maximum Gasteiger partial charge on any atom is 0.272 e. The van der Waals surface area contributed by atoms with Crippen molar-refractivity contribution in [2.45, 2.75) is 19.9 Å². The Morgan fingerprint density at radius 2 is 1.73 bits per heavy atom. The summed E-state index contributed by atoms with van der Waals surface area (Å²) >= 11 is 0. The van der Waals surface area contributed by atoms with E-state index in [9.17, 15) is 4.79 Å². The summed E-state index contributed by atoms with van der Waals surface area (Å²) in [6.07, 6.45) is 0.876. The molecule has 2 aromatic carbocycles. The molecule has 130 valence electrons. The largest absolute Gasteiger partial charge is 0.333 e. The van der Waals surface area contributed by atoms with Crippen LogP contribution < -0.4 is 5.32 Å². The lowest BCUT2D eigenvalue weighted by molar-refractivity contribution is 0.0728. The van der Waals surface area contributed by atoms with E-state index in [-0.39, 0.29) is 5.91 Å². The minimum Gasteiger partial charge on any atom is -0.333 e. The number of benzene rings is 2. The number of rotatable bonds is 3. The SMILES string of the molecule is Cc1cc(C(=O)N2CCc3ccccc3C2)nc(Nc2ccccc2)n1. The van der Waals surface area contributed by atoms with Crippen LogP contribution in [0, 0.1) is 6.92 Å². The number of nitrogens with zero attached hydrogens (tertiary/aromatic N) is 3. The molecule has 0 saturated carbocycles. The van der Waals surface area contributed by atoms with Crippen molar-refractivity contribution < 1.29 is 4.79 Å². The smallest absolute Gasteiger partial charge is 0.272 e. The standard InChI is InChI=1S/C21H20N4O/c1-15-13-19(24-21(22-15)23-18-9-3-2-4-10-18)20(26)25-12-11-16-7-5-6-8-17(16)14-25/h2-10,13H,11-12,14H2,1H3,(H,22,23,24). The van der Waals surface area contributed by atoms with Gasteiger partial charge in [0.1, 0.15) is 5.69 Å². The molecular formula is C21H20N4O. The first kappa shape index (κ1) is 16.3. The van der Waals surface area contributed by atoms with E-state index < -0.39 is 0 Å². The summed E-state index contributed by atoms with van der Waals surface area (Å²) < 4.78 is 0. The van der Waals surface area contributed by atoms with E-state index >= 15 is 0 Å². The van der Waals surface area contributed by atoms with Gasteiger partial charge in [0.05, 0.1) is 0 Å². The topological polar surface area (TPSA) is 58.1 Å². The molecule has 1 aliphatic heterocycles. The Kier molecular flexibility index (Phi) is 4.35. The fourth-order valence-electron chi connectivity index (χ4n) is 3.22. The van der Waals surface area contributed by atoms with Gasteiger partial charge in [-0.3, -0.25) is 4.79 Å². The second-order valence-electron chi connectivity index (χ2n) is 6.45. The number of para-hydroxylation sites is 1. The number of nitrogens with one attached hydrogen (secondary N) is 1. The van der Waals surface area contributed by atoms with Crippen LogP contribution >= 0.6 is 0 Å². The predicted molar refractivity (Wildman–Crippen MR) is 101 cm³/mol. The molecule has 0 atom stereocenters. The predicted octanol–water partition coefficient (Wildman–Crippen LogP) is 3.73. The summed E-state index contributed by atoms with van der Waals surface area (Å²) in [6.45, 7) is 3.21. The van der Waals surface area contributed by atoms with Crippen molar-refractivity contribution in [3.05, 3.63) is 83.2 Å². The Morgan fingerprint density at radius 3 is 2.54 bits per heavy atom. The molecule has 1 N–H and O–H groups in total. The van der Waals surface area contributed by atoms with Crippen LogP contribution in [-0.4, -0.2) is 27.3 Å². The molecule has 0 bridgehead atoms. The second kappa shape index (κ2) is 6.96. The number of fused-ring (bicyclic) bond motifs is 1. The van der Waals surface area contributed by atoms with Gasteiger partial charge in [-0.25, -0.2) is 9.97 Å². The van der Waals surface area contributed by atoms with Crippen LogP contribution in [-0.2, 0) is 13.0 Å². The van der Waals surface area contributed by atoms with Crippen LogP contribution in [0.2, 0.25) is 0 Å². The lowest BCUT2D eigenvalue weighted by Gasteiger charge is -2.28. The molecule has 0 fully saturated rings. The molecule has 0 saturated heterocycles. The van der Waals surface area contributed by atoms with E-state index in [4.69, 9.17) is 0 Å². The third-order valence-corrected chi connectivity index (χ3v) is 4.52. The molecule has 0 spiro atoms. The van der Waals surface area contributed by atoms with Gasteiger partial charge in [-0.05, 0) is 42.7 Å². The number of amides is 1. The third kappa shape index (κ3) is 3.42. The van der Waals surface area contributed by atoms with Gasteiger partial charge in [0.15, 0.2) is 0 Å². The number of carbonyl (C=O) groups excluding carboxylic acids is 1. The highest BCUT2D eigenvalue weighted by atomic mass is 16.2. The zero-order chi connectivity index (χ0) is 17.9. The van der Waals surface area contributed by atoms with Crippen LogP contribution in [0.15, 0.2) is 60.7 Å². The normalized spacial score (nSPS) is 13.2. The number of aryl methyl sites for hydroxylation is 1. The first-order valence-electron chi connectivity index (χ1n) is 8.73. The monoisotopic (exact) mass is 344 g/mol. The minimum absolute atomic E-state index is 0.0545. The Hall–Kier alpha value is -3.21. The van der Waals surface area contributed by atoms with E-state index in [1.54, 1.807) is 6.07 Å². The number of hydrogen-bond acceptors (Lipinski definition) is 4. The minimum atomic E-state index is -0.0545. The maximum absolute atomic E-state index is 13.0. The molecule has 3 aromatic rings. The molecule has 26 heavy (non-hydrogen) atoms. The van der Waals surface area contributed by atoms with E-state index in [1.807, 2.05) is 54.3 Å². The fourth-order valence-corrected chi connectivity index (χ4v) is 3.22. The molecule has 1 aromatic heterocycles. The number of aromatic nitrogens is 2. The van der Waals surface area contributed by atoms with Crippen molar-refractivity contribution in [3.8, 4) is 0 Å². The van der Waals surface area contributed by atoms with Crippen LogP contribution in [0.5, 0.6) is 0 Å². The van der Waals surface area contributed by atoms with Crippen molar-refractivity contribution >= 4 is 17.5 Å². The molecule has 1 aliphatic rings. The highest BCUT2D eigenvalue weighted by molar-refractivity contribution is 5.93.